The molecule has 2 atom stereocenters. The summed E-state index contributed by atoms with van der Waals surface area (Å²) in [6.07, 6.45) is 6.34. The van der Waals surface area contributed by atoms with Gasteiger partial charge >= 0.3 is 5.97 Å². The summed E-state index contributed by atoms with van der Waals surface area (Å²) in [5.74, 6) is 1.19. The molecule has 3 heteroatoms. The van der Waals surface area contributed by atoms with E-state index in [0.717, 1.165) is 32.1 Å². The van der Waals surface area contributed by atoms with Crippen LogP contribution in [-0.4, -0.2) is 23.3 Å². The van der Waals surface area contributed by atoms with Gasteiger partial charge in [0.2, 0.25) is 0 Å². The minimum Gasteiger partial charge on any atom is -0.465 e. The molecule has 0 aromatic carbocycles. The number of carbonyl (C=O) groups excluding carboxylic acids is 1. The third-order valence-electron chi connectivity index (χ3n) is 5.27. The lowest BCUT2D eigenvalue weighted by Crippen LogP contribution is -2.57. The average Bonchev–Trinajstić information content (AvgIpc) is 2.21. The van der Waals surface area contributed by atoms with Gasteiger partial charge in [0.25, 0.3) is 0 Å². The van der Waals surface area contributed by atoms with E-state index in [-0.39, 0.29) is 11.4 Å². The maximum absolute atomic E-state index is 12.0. The number of aliphatic hydroxyl groups is 1. The van der Waals surface area contributed by atoms with Gasteiger partial charge in [-0.25, -0.2) is 0 Å². The van der Waals surface area contributed by atoms with Gasteiger partial charge in [-0.3, -0.25) is 4.79 Å². The van der Waals surface area contributed by atoms with Crippen molar-refractivity contribution in [1.29, 1.82) is 0 Å². The zero-order valence-electron chi connectivity index (χ0n) is 12.4. The van der Waals surface area contributed by atoms with E-state index in [1.807, 2.05) is 20.8 Å². The molecule has 4 rings (SSSR count). The predicted octanol–water partition coefficient (Wildman–Crippen LogP) is 2.91. The summed E-state index contributed by atoms with van der Waals surface area (Å²) in [5, 5.41) is 10.7. The summed E-state index contributed by atoms with van der Waals surface area (Å²) in [7, 11) is 0. The fourth-order valence-corrected chi connectivity index (χ4v) is 5.01. The van der Waals surface area contributed by atoms with E-state index >= 15 is 0 Å². The summed E-state index contributed by atoms with van der Waals surface area (Å²) in [6.45, 7) is 6.19. The Morgan fingerprint density at radius 2 is 1.79 bits per heavy atom. The number of ether oxygens (including phenoxy) is 1. The van der Waals surface area contributed by atoms with Crippen molar-refractivity contribution in [2.45, 2.75) is 64.9 Å². The number of carbonyl (C=O) groups is 1. The van der Waals surface area contributed by atoms with Crippen LogP contribution in [0.25, 0.3) is 0 Å². The van der Waals surface area contributed by atoms with E-state index < -0.39 is 11.0 Å². The SMILES string of the molecule is CC(C)(C)C(=O)OCC12CC3CC(CC(O)(C3)C1)C2. The smallest absolute Gasteiger partial charge is 0.311 e. The van der Waals surface area contributed by atoms with Crippen LogP contribution < -0.4 is 0 Å². The van der Waals surface area contributed by atoms with Gasteiger partial charge in [-0.1, -0.05) is 0 Å². The predicted molar refractivity (Wildman–Crippen MR) is 72.5 cm³/mol. The van der Waals surface area contributed by atoms with Gasteiger partial charge in [0.1, 0.15) is 0 Å². The summed E-state index contributed by atoms with van der Waals surface area (Å²) < 4.78 is 5.59. The van der Waals surface area contributed by atoms with Gasteiger partial charge in [0.05, 0.1) is 17.6 Å². The number of hydrogen-bond donors (Lipinski definition) is 1. The van der Waals surface area contributed by atoms with Crippen molar-refractivity contribution < 1.29 is 14.6 Å². The zero-order valence-corrected chi connectivity index (χ0v) is 12.4. The van der Waals surface area contributed by atoms with Crippen molar-refractivity contribution in [3.63, 3.8) is 0 Å². The second kappa shape index (κ2) is 3.97. The Kier molecular flexibility index (Phi) is 2.80. The van der Waals surface area contributed by atoms with E-state index in [2.05, 4.69) is 0 Å². The lowest BCUT2D eigenvalue weighted by atomic mass is 9.48. The summed E-state index contributed by atoms with van der Waals surface area (Å²) >= 11 is 0. The van der Waals surface area contributed by atoms with Crippen LogP contribution in [0.4, 0.5) is 0 Å². The van der Waals surface area contributed by atoms with Gasteiger partial charge in [0.15, 0.2) is 0 Å². The summed E-state index contributed by atoms with van der Waals surface area (Å²) in [4.78, 5) is 12.0. The Hall–Kier alpha value is -0.570. The molecule has 4 aliphatic carbocycles. The zero-order chi connectivity index (χ0) is 13.9. The standard InChI is InChI=1S/C16H26O3/c1-14(2,3)13(17)19-10-15-5-11-4-12(6-15)8-16(18,7-11)9-15/h11-12,18H,4-10H2,1-3H3. The van der Waals surface area contributed by atoms with Crippen LogP contribution in [0.2, 0.25) is 0 Å². The van der Waals surface area contributed by atoms with Crippen LogP contribution in [0.5, 0.6) is 0 Å². The van der Waals surface area contributed by atoms with Crippen LogP contribution in [0.15, 0.2) is 0 Å². The molecule has 0 saturated heterocycles. The molecule has 0 aromatic heterocycles. The topological polar surface area (TPSA) is 46.5 Å². The first kappa shape index (κ1) is 13.4. The van der Waals surface area contributed by atoms with E-state index in [0.29, 0.717) is 18.4 Å². The maximum atomic E-state index is 12.0. The minimum absolute atomic E-state index is 0.0692. The van der Waals surface area contributed by atoms with Gasteiger partial charge in [-0.2, -0.15) is 0 Å². The van der Waals surface area contributed by atoms with Gasteiger partial charge in [0, 0.05) is 5.41 Å². The molecule has 4 saturated carbocycles. The third-order valence-corrected chi connectivity index (χ3v) is 5.27. The quantitative estimate of drug-likeness (QED) is 0.782. The van der Waals surface area contributed by atoms with Crippen molar-refractivity contribution in [2.75, 3.05) is 6.61 Å². The molecule has 0 heterocycles. The third kappa shape index (κ3) is 2.42. The second-order valence-electron chi connectivity index (χ2n) is 8.51. The Bertz CT molecular complexity index is 379. The molecule has 1 N–H and O–H groups in total. The Balaban J connectivity index is 1.69. The molecule has 2 unspecified atom stereocenters. The van der Waals surface area contributed by atoms with Crippen molar-refractivity contribution in [1.82, 2.24) is 0 Å². The Labute approximate surface area is 115 Å². The molecular weight excluding hydrogens is 240 g/mol. The molecule has 0 aliphatic heterocycles. The minimum atomic E-state index is -0.460. The van der Waals surface area contributed by atoms with E-state index in [9.17, 15) is 9.90 Å². The van der Waals surface area contributed by atoms with Crippen molar-refractivity contribution in [3.05, 3.63) is 0 Å². The lowest BCUT2D eigenvalue weighted by Gasteiger charge is -2.59. The highest BCUT2D eigenvalue weighted by Gasteiger charge is 2.57. The van der Waals surface area contributed by atoms with E-state index in [4.69, 9.17) is 4.74 Å². The number of hydrogen-bond acceptors (Lipinski definition) is 3. The van der Waals surface area contributed by atoms with E-state index in [1.165, 1.54) is 6.42 Å². The van der Waals surface area contributed by atoms with Crippen LogP contribution in [0.1, 0.15) is 59.3 Å². The van der Waals surface area contributed by atoms with E-state index in [1.54, 1.807) is 0 Å². The van der Waals surface area contributed by atoms with Gasteiger partial charge in [-0.15, -0.1) is 0 Å². The molecule has 108 valence electrons. The molecule has 0 amide bonds. The fourth-order valence-electron chi connectivity index (χ4n) is 5.01. The Morgan fingerprint density at radius 3 is 2.26 bits per heavy atom. The monoisotopic (exact) mass is 266 g/mol. The average molecular weight is 266 g/mol. The van der Waals surface area contributed by atoms with Crippen LogP contribution in [-0.2, 0) is 9.53 Å². The summed E-state index contributed by atoms with van der Waals surface area (Å²) in [6, 6.07) is 0. The first-order valence-electron chi connectivity index (χ1n) is 7.59. The maximum Gasteiger partial charge on any atom is 0.311 e. The molecule has 4 bridgehead atoms. The number of rotatable bonds is 2. The van der Waals surface area contributed by atoms with Gasteiger partial charge in [-0.05, 0) is 71.1 Å². The lowest BCUT2D eigenvalue weighted by molar-refractivity contribution is -0.190. The fraction of sp³-hybridized carbons (Fsp3) is 0.938. The molecule has 4 fully saturated rings. The van der Waals surface area contributed by atoms with Crippen LogP contribution in [0.3, 0.4) is 0 Å². The first-order valence-corrected chi connectivity index (χ1v) is 7.59. The molecule has 0 spiro atoms. The van der Waals surface area contributed by atoms with Crippen LogP contribution >= 0.6 is 0 Å². The highest BCUT2D eigenvalue weighted by Crippen LogP contribution is 2.61. The van der Waals surface area contributed by atoms with Crippen LogP contribution in [0, 0.1) is 22.7 Å². The molecule has 0 aromatic rings. The molecule has 4 aliphatic rings. The highest BCUT2D eigenvalue weighted by molar-refractivity contribution is 5.75. The molecule has 3 nitrogen and oxygen atoms in total. The molecule has 0 radical (unpaired) electrons. The largest absolute Gasteiger partial charge is 0.465 e. The first-order chi connectivity index (χ1) is 8.70. The second-order valence-corrected chi connectivity index (χ2v) is 8.51. The summed E-state index contributed by atoms with van der Waals surface area (Å²) in [5.41, 5.74) is -0.822. The molecule has 19 heavy (non-hydrogen) atoms. The van der Waals surface area contributed by atoms with Gasteiger partial charge < -0.3 is 9.84 Å². The van der Waals surface area contributed by atoms with Crippen molar-refractivity contribution in [3.8, 4) is 0 Å². The van der Waals surface area contributed by atoms with Crippen molar-refractivity contribution in [2.24, 2.45) is 22.7 Å². The molecular formula is C16H26O3. The Morgan fingerprint density at radius 1 is 1.21 bits per heavy atom. The normalized spacial score (nSPS) is 44.4. The highest BCUT2D eigenvalue weighted by atomic mass is 16.5. The number of esters is 1. The van der Waals surface area contributed by atoms with Crippen molar-refractivity contribution >= 4 is 5.97 Å².